The van der Waals surface area contributed by atoms with Crippen molar-refractivity contribution in [1.82, 2.24) is 4.90 Å². The van der Waals surface area contributed by atoms with Gasteiger partial charge in [-0.1, -0.05) is 12.8 Å². The van der Waals surface area contributed by atoms with Crippen molar-refractivity contribution in [3.8, 4) is 0 Å². The molecule has 3 atom stereocenters. The summed E-state index contributed by atoms with van der Waals surface area (Å²) in [4.78, 5) is 14.9. The second-order valence-corrected chi connectivity index (χ2v) is 5.84. The molecule has 0 aromatic rings. The van der Waals surface area contributed by atoms with Gasteiger partial charge in [-0.15, -0.1) is 0 Å². The molecule has 2 bridgehead atoms. The van der Waals surface area contributed by atoms with E-state index in [2.05, 4.69) is 4.90 Å². The zero-order valence-corrected chi connectivity index (χ0v) is 10.8. The predicted octanol–water partition coefficient (Wildman–Crippen LogP) is 2.35. The van der Waals surface area contributed by atoms with Gasteiger partial charge < -0.3 is 4.74 Å². The summed E-state index contributed by atoms with van der Waals surface area (Å²) in [5, 5.41) is 0. The van der Waals surface area contributed by atoms with E-state index in [-0.39, 0.29) is 17.4 Å². The molecule has 3 heterocycles. The lowest BCUT2D eigenvalue weighted by Crippen LogP contribution is -2.56. The van der Waals surface area contributed by atoms with Crippen molar-refractivity contribution in [2.45, 2.75) is 63.5 Å². The van der Waals surface area contributed by atoms with Crippen molar-refractivity contribution >= 4 is 5.97 Å². The summed E-state index contributed by atoms with van der Waals surface area (Å²) in [6.07, 6.45) is 8.68. The van der Waals surface area contributed by atoms with E-state index in [1.165, 1.54) is 45.1 Å². The van der Waals surface area contributed by atoms with E-state index in [1.54, 1.807) is 0 Å². The number of hydrogen-bond donors (Lipinski definition) is 0. The van der Waals surface area contributed by atoms with E-state index in [9.17, 15) is 4.79 Å². The molecule has 0 N–H and O–H groups in total. The Morgan fingerprint density at radius 2 is 2.18 bits per heavy atom. The third kappa shape index (κ3) is 1.62. The Balaban J connectivity index is 1.87. The van der Waals surface area contributed by atoms with Crippen LogP contribution in [0.3, 0.4) is 0 Å². The van der Waals surface area contributed by atoms with Crippen molar-refractivity contribution in [2.75, 3.05) is 13.2 Å². The highest BCUT2D eigenvalue weighted by molar-refractivity contribution is 5.75. The zero-order valence-electron chi connectivity index (χ0n) is 10.8. The number of piperidine rings is 2. The van der Waals surface area contributed by atoms with Crippen LogP contribution in [0.5, 0.6) is 0 Å². The monoisotopic (exact) mass is 237 g/mol. The van der Waals surface area contributed by atoms with E-state index in [1.807, 2.05) is 6.92 Å². The fourth-order valence-electron chi connectivity index (χ4n) is 4.54. The first-order valence-corrected chi connectivity index (χ1v) is 7.21. The molecular weight excluding hydrogens is 214 g/mol. The molecule has 0 saturated carbocycles. The molecule has 3 aliphatic rings. The van der Waals surface area contributed by atoms with Crippen LogP contribution in [-0.4, -0.2) is 35.6 Å². The second kappa shape index (κ2) is 4.27. The largest absolute Gasteiger partial charge is 0.466 e. The van der Waals surface area contributed by atoms with Gasteiger partial charge in [-0.05, 0) is 45.6 Å². The summed E-state index contributed by atoms with van der Waals surface area (Å²) in [7, 11) is 0. The van der Waals surface area contributed by atoms with Gasteiger partial charge in [0.25, 0.3) is 0 Å². The van der Waals surface area contributed by atoms with E-state index in [4.69, 9.17) is 4.74 Å². The molecule has 0 amide bonds. The highest BCUT2D eigenvalue weighted by atomic mass is 16.5. The van der Waals surface area contributed by atoms with Gasteiger partial charge in [0.1, 0.15) is 0 Å². The fourth-order valence-corrected chi connectivity index (χ4v) is 4.54. The molecule has 3 unspecified atom stereocenters. The zero-order chi connectivity index (χ0) is 11.9. The molecule has 3 fully saturated rings. The molecule has 0 aliphatic carbocycles. The minimum absolute atomic E-state index is 0.0730. The van der Waals surface area contributed by atoms with Crippen LogP contribution in [0.25, 0.3) is 0 Å². The molecule has 3 saturated heterocycles. The first kappa shape index (κ1) is 11.5. The summed E-state index contributed by atoms with van der Waals surface area (Å²) >= 11 is 0. The van der Waals surface area contributed by atoms with E-state index >= 15 is 0 Å². The van der Waals surface area contributed by atoms with Gasteiger partial charge in [-0.2, -0.15) is 0 Å². The SMILES string of the molecule is CCOC(=O)C1CC2CCCC13CCCCN23. The van der Waals surface area contributed by atoms with Gasteiger partial charge in [-0.25, -0.2) is 0 Å². The third-order valence-corrected chi connectivity index (χ3v) is 5.15. The first-order chi connectivity index (χ1) is 8.28. The number of esters is 1. The van der Waals surface area contributed by atoms with Crippen molar-refractivity contribution in [2.24, 2.45) is 5.92 Å². The minimum atomic E-state index is 0.0730. The third-order valence-electron chi connectivity index (χ3n) is 5.15. The average molecular weight is 237 g/mol. The van der Waals surface area contributed by atoms with E-state index < -0.39 is 0 Å². The normalized spacial score (nSPS) is 41.0. The number of carbonyl (C=O) groups excluding carboxylic acids is 1. The maximum Gasteiger partial charge on any atom is 0.310 e. The molecule has 3 aliphatic heterocycles. The summed E-state index contributed by atoms with van der Waals surface area (Å²) < 4.78 is 5.31. The van der Waals surface area contributed by atoms with Gasteiger partial charge in [0.15, 0.2) is 0 Å². The maximum absolute atomic E-state index is 12.2. The van der Waals surface area contributed by atoms with E-state index in [0.717, 1.165) is 6.42 Å². The van der Waals surface area contributed by atoms with Crippen LogP contribution in [0.2, 0.25) is 0 Å². The summed E-state index contributed by atoms with van der Waals surface area (Å²) in [6.45, 7) is 3.64. The first-order valence-electron chi connectivity index (χ1n) is 7.21. The van der Waals surface area contributed by atoms with Crippen LogP contribution in [0, 0.1) is 5.92 Å². The lowest BCUT2D eigenvalue weighted by atomic mass is 9.75. The lowest BCUT2D eigenvalue weighted by Gasteiger charge is -2.49. The fraction of sp³-hybridized carbons (Fsp3) is 0.929. The molecular formula is C14H23NO2. The molecule has 0 aromatic carbocycles. The molecule has 0 radical (unpaired) electrons. The van der Waals surface area contributed by atoms with Crippen molar-refractivity contribution in [1.29, 1.82) is 0 Å². The number of carbonyl (C=O) groups is 1. The second-order valence-electron chi connectivity index (χ2n) is 5.84. The van der Waals surface area contributed by atoms with Crippen LogP contribution in [0.4, 0.5) is 0 Å². The van der Waals surface area contributed by atoms with Crippen LogP contribution in [-0.2, 0) is 9.53 Å². The van der Waals surface area contributed by atoms with E-state index in [0.29, 0.717) is 12.6 Å². The number of ether oxygens (including phenoxy) is 1. The Labute approximate surface area is 104 Å². The van der Waals surface area contributed by atoms with Gasteiger partial charge in [0.2, 0.25) is 0 Å². The van der Waals surface area contributed by atoms with Gasteiger partial charge in [0.05, 0.1) is 12.5 Å². The molecule has 3 nitrogen and oxygen atoms in total. The summed E-state index contributed by atoms with van der Waals surface area (Å²) in [6, 6.07) is 0.665. The number of rotatable bonds is 2. The topological polar surface area (TPSA) is 29.5 Å². The van der Waals surface area contributed by atoms with Gasteiger partial charge in [-0.3, -0.25) is 9.69 Å². The van der Waals surface area contributed by atoms with Crippen molar-refractivity contribution < 1.29 is 9.53 Å². The Morgan fingerprint density at radius 1 is 1.35 bits per heavy atom. The van der Waals surface area contributed by atoms with Gasteiger partial charge >= 0.3 is 5.97 Å². The van der Waals surface area contributed by atoms with Crippen molar-refractivity contribution in [3.05, 3.63) is 0 Å². The summed E-state index contributed by atoms with van der Waals surface area (Å²) in [5.74, 6) is 0.235. The van der Waals surface area contributed by atoms with Gasteiger partial charge in [0, 0.05) is 11.6 Å². The Bertz CT molecular complexity index is 313. The Kier molecular flexibility index (Phi) is 2.89. The van der Waals surface area contributed by atoms with Crippen LogP contribution in [0.15, 0.2) is 0 Å². The van der Waals surface area contributed by atoms with Crippen molar-refractivity contribution in [3.63, 3.8) is 0 Å². The molecule has 17 heavy (non-hydrogen) atoms. The summed E-state index contributed by atoms with van der Waals surface area (Å²) in [5.41, 5.74) is 0.188. The smallest absolute Gasteiger partial charge is 0.310 e. The average Bonchev–Trinajstić information content (AvgIpc) is 2.55. The number of nitrogens with zero attached hydrogens (tertiary/aromatic N) is 1. The van der Waals surface area contributed by atoms with Crippen LogP contribution >= 0.6 is 0 Å². The predicted molar refractivity (Wildman–Crippen MR) is 65.7 cm³/mol. The highest BCUT2D eigenvalue weighted by Crippen LogP contribution is 2.52. The molecule has 3 rings (SSSR count). The minimum Gasteiger partial charge on any atom is -0.466 e. The highest BCUT2D eigenvalue weighted by Gasteiger charge is 2.58. The number of hydrogen-bond acceptors (Lipinski definition) is 3. The quantitative estimate of drug-likeness (QED) is 0.690. The van der Waals surface area contributed by atoms with Crippen LogP contribution in [0.1, 0.15) is 51.9 Å². The Morgan fingerprint density at radius 3 is 3.00 bits per heavy atom. The lowest BCUT2D eigenvalue weighted by molar-refractivity contribution is -0.152. The molecule has 96 valence electrons. The molecule has 0 spiro atoms. The maximum atomic E-state index is 12.2. The van der Waals surface area contributed by atoms with Crippen LogP contribution < -0.4 is 0 Å². The molecule has 0 aromatic heterocycles. The standard InChI is InChI=1S/C14H23NO2/c1-2-17-13(16)12-10-11-6-5-8-14(12)7-3-4-9-15(11)14/h11-12H,2-10H2,1H3. The molecule has 3 heteroatoms. The Hall–Kier alpha value is -0.570.